The number of carboxylic acids is 1. The molecule has 0 aromatic carbocycles. The normalized spacial score (nSPS) is 13.6. The number of carbonyl (C=O) groups is 1. The molecule has 17 heavy (non-hydrogen) atoms. The average molecular weight is 245 g/mol. The van der Waals surface area contributed by atoms with Crippen molar-refractivity contribution < 1.29 is 15.0 Å². The van der Waals surface area contributed by atoms with Crippen molar-refractivity contribution in [3.8, 4) is 0 Å². The van der Waals surface area contributed by atoms with Crippen molar-refractivity contribution in [3.05, 3.63) is 0 Å². The van der Waals surface area contributed by atoms with Crippen molar-refractivity contribution in [2.75, 3.05) is 13.2 Å². The van der Waals surface area contributed by atoms with E-state index in [2.05, 4.69) is 26.1 Å². The number of unbranched alkanes of at least 4 members (excludes halogenated alkanes) is 2. The largest absolute Gasteiger partial charge is 0.481 e. The van der Waals surface area contributed by atoms with Crippen molar-refractivity contribution in [1.29, 1.82) is 0 Å². The fraction of sp³-hybridized carbons (Fsp3) is 0.923. The van der Waals surface area contributed by atoms with Gasteiger partial charge in [-0.05, 0) is 31.2 Å². The van der Waals surface area contributed by atoms with Gasteiger partial charge in [-0.3, -0.25) is 4.79 Å². The zero-order chi connectivity index (χ0) is 13.3. The van der Waals surface area contributed by atoms with Gasteiger partial charge in [0.05, 0.1) is 0 Å². The topological polar surface area (TPSA) is 69.6 Å². The summed E-state index contributed by atoms with van der Waals surface area (Å²) >= 11 is 0. The predicted octanol–water partition coefficient (Wildman–Crippen LogP) is 2.02. The van der Waals surface area contributed by atoms with Crippen LogP contribution in [0.4, 0.5) is 0 Å². The molecule has 0 aromatic heterocycles. The Morgan fingerprint density at radius 2 is 1.88 bits per heavy atom. The Morgan fingerprint density at radius 3 is 2.35 bits per heavy atom. The number of hydrogen-bond donors (Lipinski definition) is 3. The van der Waals surface area contributed by atoms with Crippen molar-refractivity contribution in [3.63, 3.8) is 0 Å². The predicted molar refractivity (Wildman–Crippen MR) is 69.1 cm³/mol. The number of aliphatic hydroxyl groups is 1. The van der Waals surface area contributed by atoms with Gasteiger partial charge in [0.25, 0.3) is 0 Å². The third kappa shape index (κ3) is 9.12. The summed E-state index contributed by atoms with van der Waals surface area (Å²) in [5.74, 6) is -0.717. The van der Waals surface area contributed by atoms with E-state index in [1.54, 1.807) is 0 Å². The summed E-state index contributed by atoms with van der Waals surface area (Å²) in [5.41, 5.74) is 0.143. The van der Waals surface area contributed by atoms with Gasteiger partial charge in [0.2, 0.25) is 0 Å². The van der Waals surface area contributed by atoms with Crippen LogP contribution in [0.3, 0.4) is 0 Å². The quantitative estimate of drug-likeness (QED) is 0.544. The highest BCUT2D eigenvalue weighted by Crippen LogP contribution is 2.21. The lowest BCUT2D eigenvalue weighted by molar-refractivity contribution is -0.137. The summed E-state index contributed by atoms with van der Waals surface area (Å²) in [6, 6.07) is 0.312. The van der Waals surface area contributed by atoms with Crippen molar-refractivity contribution in [2.45, 2.75) is 58.9 Å². The summed E-state index contributed by atoms with van der Waals surface area (Å²) in [5, 5.41) is 20.9. The van der Waals surface area contributed by atoms with Crippen LogP contribution in [0.5, 0.6) is 0 Å². The Kier molecular flexibility index (Phi) is 8.17. The maximum absolute atomic E-state index is 10.3. The van der Waals surface area contributed by atoms with E-state index in [0.717, 1.165) is 32.2 Å². The highest BCUT2D eigenvalue weighted by Gasteiger charge is 2.22. The van der Waals surface area contributed by atoms with Gasteiger partial charge in [-0.1, -0.05) is 27.2 Å². The van der Waals surface area contributed by atoms with Gasteiger partial charge >= 0.3 is 5.97 Å². The summed E-state index contributed by atoms with van der Waals surface area (Å²) in [4.78, 5) is 10.3. The number of aliphatic carboxylic acids is 1. The highest BCUT2D eigenvalue weighted by molar-refractivity contribution is 5.66. The lowest BCUT2D eigenvalue weighted by atomic mass is 9.85. The average Bonchev–Trinajstić information content (AvgIpc) is 2.19. The van der Waals surface area contributed by atoms with Gasteiger partial charge in [0, 0.05) is 19.1 Å². The van der Waals surface area contributed by atoms with Crippen LogP contribution in [0.15, 0.2) is 0 Å². The Bertz CT molecular complexity index is 211. The second-order valence-electron chi connectivity index (χ2n) is 5.59. The molecule has 0 bridgehead atoms. The molecule has 102 valence electrons. The van der Waals surface area contributed by atoms with Crippen LogP contribution in [0, 0.1) is 5.41 Å². The zero-order valence-corrected chi connectivity index (χ0v) is 11.3. The smallest absolute Gasteiger partial charge is 0.303 e. The van der Waals surface area contributed by atoms with E-state index in [4.69, 9.17) is 10.2 Å². The van der Waals surface area contributed by atoms with Crippen LogP contribution in [-0.4, -0.2) is 35.4 Å². The number of rotatable bonds is 9. The summed E-state index contributed by atoms with van der Waals surface area (Å²) in [6.07, 6.45) is 3.70. The van der Waals surface area contributed by atoms with Crippen molar-refractivity contribution in [1.82, 2.24) is 5.32 Å². The van der Waals surface area contributed by atoms with Gasteiger partial charge in [0.1, 0.15) is 0 Å². The van der Waals surface area contributed by atoms with Crippen molar-refractivity contribution >= 4 is 5.97 Å². The van der Waals surface area contributed by atoms with E-state index in [9.17, 15) is 4.79 Å². The summed E-state index contributed by atoms with van der Waals surface area (Å²) in [6.45, 7) is 7.57. The highest BCUT2D eigenvalue weighted by atomic mass is 16.4. The Morgan fingerprint density at radius 1 is 1.24 bits per heavy atom. The summed E-state index contributed by atoms with van der Waals surface area (Å²) in [7, 11) is 0. The molecule has 0 aliphatic heterocycles. The molecule has 1 atom stereocenters. The minimum Gasteiger partial charge on any atom is -0.481 e. The third-order valence-electron chi connectivity index (χ3n) is 2.92. The second-order valence-corrected chi connectivity index (χ2v) is 5.59. The first kappa shape index (κ1) is 16.4. The van der Waals surface area contributed by atoms with E-state index >= 15 is 0 Å². The Balaban J connectivity index is 3.65. The van der Waals surface area contributed by atoms with Gasteiger partial charge in [0.15, 0.2) is 0 Å². The lowest BCUT2D eigenvalue weighted by Crippen LogP contribution is -2.41. The van der Waals surface area contributed by atoms with Crippen LogP contribution in [0.25, 0.3) is 0 Å². The number of hydrogen-bond acceptors (Lipinski definition) is 3. The van der Waals surface area contributed by atoms with Crippen LogP contribution >= 0.6 is 0 Å². The van der Waals surface area contributed by atoms with Gasteiger partial charge < -0.3 is 15.5 Å². The summed E-state index contributed by atoms with van der Waals surface area (Å²) < 4.78 is 0. The van der Waals surface area contributed by atoms with E-state index in [1.165, 1.54) is 0 Å². The number of carboxylic acid groups (broad SMARTS) is 1. The third-order valence-corrected chi connectivity index (χ3v) is 2.92. The first-order chi connectivity index (χ1) is 7.88. The molecular weight excluding hydrogens is 218 g/mol. The Hall–Kier alpha value is -0.610. The molecule has 0 aromatic rings. The number of aliphatic hydroxyl groups excluding tert-OH is 1. The maximum atomic E-state index is 10.3. The molecular formula is C13H27NO3. The minimum atomic E-state index is -0.717. The van der Waals surface area contributed by atoms with Crippen molar-refractivity contribution in [2.24, 2.45) is 5.41 Å². The second kappa shape index (κ2) is 8.48. The fourth-order valence-electron chi connectivity index (χ4n) is 1.82. The van der Waals surface area contributed by atoms with Crippen LogP contribution in [0.1, 0.15) is 52.9 Å². The van der Waals surface area contributed by atoms with E-state index in [1.807, 2.05) is 0 Å². The molecule has 0 rings (SSSR count). The molecule has 4 nitrogen and oxygen atoms in total. The van der Waals surface area contributed by atoms with E-state index in [0.29, 0.717) is 6.04 Å². The minimum absolute atomic E-state index is 0.143. The first-order valence-corrected chi connectivity index (χ1v) is 6.44. The molecule has 0 aliphatic carbocycles. The van der Waals surface area contributed by atoms with E-state index < -0.39 is 5.97 Å². The molecule has 0 saturated carbocycles. The SMILES string of the molecule is CC(C)(C)C(CCO)NCCCCCC(=O)O. The molecule has 1 unspecified atom stereocenters. The van der Waals surface area contributed by atoms with Crippen LogP contribution < -0.4 is 5.32 Å². The van der Waals surface area contributed by atoms with Gasteiger partial charge in [-0.2, -0.15) is 0 Å². The molecule has 4 heteroatoms. The molecule has 0 saturated heterocycles. The molecule has 0 radical (unpaired) electrons. The standard InChI is InChI=1S/C13H27NO3/c1-13(2,3)11(8-10-15)14-9-6-4-5-7-12(16)17/h11,14-15H,4-10H2,1-3H3,(H,16,17). The molecule has 3 N–H and O–H groups in total. The maximum Gasteiger partial charge on any atom is 0.303 e. The lowest BCUT2D eigenvalue weighted by Gasteiger charge is -2.31. The first-order valence-electron chi connectivity index (χ1n) is 6.44. The van der Waals surface area contributed by atoms with Gasteiger partial charge in [-0.15, -0.1) is 0 Å². The molecule has 0 aliphatic rings. The molecule has 0 heterocycles. The monoisotopic (exact) mass is 245 g/mol. The fourth-order valence-corrected chi connectivity index (χ4v) is 1.82. The zero-order valence-electron chi connectivity index (χ0n) is 11.3. The van der Waals surface area contributed by atoms with Crippen LogP contribution in [-0.2, 0) is 4.79 Å². The van der Waals surface area contributed by atoms with Gasteiger partial charge in [-0.25, -0.2) is 0 Å². The Labute approximate surface area is 104 Å². The molecule has 0 amide bonds. The van der Waals surface area contributed by atoms with Crippen LogP contribution in [0.2, 0.25) is 0 Å². The molecule has 0 spiro atoms. The molecule has 0 fully saturated rings. The van der Waals surface area contributed by atoms with E-state index in [-0.39, 0.29) is 18.4 Å². The number of nitrogens with one attached hydrogen (secondary N) is 1.